The summed E-state index contributed by atoms with van der Waals surface area (Å²) in [6.07, 6.45) is 0. The van der Waals surface area contributed by atoms with Crippen LogP contribution in [0.25, 0.3) is 11.1 Å². The standard InChI is InChI=1S/C13H11BrFN/c14-13-5-4-9(8-16)6-12(13)10-2-1-3-11(15)7-10/h1-7H,8,16H2. The molecule has 0 unspecified atom stereocenters. The van der Waals surface area contributed by atoms with Crippen LogP contribution in [0.2, 0.25) is 0 Å². The molecule has 0 radical (unpaired) electrons. The second kappa shape index (κ2) is 4.76. The molecule has 2 aromatic carbocycles. The lowest BCUT2D eigenvalue weighted by Crippen LogP contribution is -1.96. The second-order valence-corrected chi connectivity index (χ2v) is 4.38. The third kappa shape index (κ3) is 2.31. The normalized spacial score (nSPS) is 10.4. The van der Waals surface area contributed by atoms with Crippen LogP contribution in [0.5, 0.6) is 0 Å². The van der Waals surface area contributed by atoms with Crippen molar-refractivity contribution in [2.24, 2.45) is 5.73 Å². The van der Waals surface area contributed by atoms with Crippen molar-refractivity contribution in [3.8, 4) is 11.1 Å². The minimum Gasteiger partial charge on any atom is -0.326 e. The Bertz CT molecular complexity index is 511. The van der Waals surface area contributed by atoms with E-state index in [1.807, 2.05) is 24.3 Å². The Kier molecular flexibility index (Phi) is 3.36. The molecule has 0 aliphatic heterocycles. The van der Waals surface area contributed by atoms with Gasteiger partial charge in [0.25, 0.3) is 0 Å². The maximum Gasteiger partial charge on any atom is 0.123 e. The van der Waals surface area contributed by atoms with E-state index >= 15 is 0 Å². The predicted molar refractivity (Wildman–Crippen MR) is 67.4 cm³/mol. The molecule has 0 aromatic heterocycles. The monoisotopic (exact) mass is 279 g/mol. The first kappa shape index (κ1) is 11.3. The molecule has 0 atom stereocenters. The highest BCUT2D eigenvalue weighted by atomic mass is 79.9. The van der Waals surface area contributed by atoms with E-state index in [9.17, 15) is 4.39 Å². The van der Waals surface area contributed by atoms with Gasteiger partial charge in [-0.2, -0.15) is 0 Å². The van der Waals surface area contributed by atoms with Crippen LogP contribution in [0.15, 0.2) is 46.9 Å². The lowest BCUT2D eigenvalue weighted by Gasteiger charge is -2.07. The van der Waals surface area contributed by atoms with Crippen LogP contribution in [0.1, 0.15) is 5.56 Å². The van der Waals surface area contributed by atoms with Crippen LogP contribution in [0.3, 0.4) is 0 Å². The summed E-state index contributed by atoms with van der Waals surface area (Å²) in [5.41, 5.74) is 8.43. The lowest BCUT2D eigenvalue weighted by molar-refractivity contribution is 0.628. The summed E-state index contributed by atoms with van der Waals surface area (Å²) < 4.78 is 14.1. The van der Waals surface area contributed by atoms with Crippen LogP contribution < -0.4 is 5.73 Å². The van der Waals surface area contributed by atoms with Gasteiger partial charge in [0.05, 0.1) is 0 Å². The highest BCUT2D eigenvalue weighted by Gasteiger charge is 2.04. The quantitative estimate of drug-likeness (QED) is 0.891. The smallest absolute Gasteiger partial charge is 0.123 e. The van der Waals surface area contributed by atoms with Crippen molar-refractivity contribution in [1.82, 2.24) is 0 Å². The van der Waals surface area contributed by atoms with E-state index in [0.717, 1.165) is 21.2 Å². The number of halogens is 2. The lowest BCUT2D eigenvalue weighted by atomic mass is 10.0. The maximum atomic E-state index is 13.1. The molecule has 0 amide bonds. The van der Waals surface area contributed by atoms with E-state index in [1.165, 1.54) is 12.1 Å². The molecule has 0 saturated heterocycles. The van der Waals surface area contributed by atoms with Crippen molar-refractivity contribution >= 4 is 15.9 Å². The molecule has 16 heavy (non-hydrogen) atoms. The van der Waals surface area contributed by atoms with E-state index in [1.54, 1.807) is 6.07 Å². The second-order valence-electron chi connectivity index (χ2n) is 3.53. The summed E-state index contributed by atoms with van der Waals surface area (Å²) >= 11 is 3.46. The number of hydrogen-bond acceptors (Lipinski definition) is 1. The Hall–Kier alpha value is -1.19. The van der Waals surface area contributed by atoms with E-state index < -0.39 is 0 Å². The van der Waals surface area contributed by atoms with E-state index in [4.69, 9.17) is 5.73 Å². The topological polar surface area (TPSA) is 26.0 Å². The average Bonchev–Trinajstić information content (AvgIpc) is 2.30. The van der Waals surface area contributed by atoms with Crippen LogP contribution in [-0.4, -0.2) is 0 Å². The summed E-state index contributed by atoms with van der Waals surface area (Å²) in [5.74, 6) is -0.234. The van der Waals surface area contributed by atoms with E-state index in [2.05, 4.69) is 15.9 Å². The first-order valence-corrected chi connectivity index (χ1v) is 5.74. The Labute approximate surface area is 102 Å². The van der Waals surface area contributed by atoms with Crippen molar-refractivity contribution in [3.63, 3.8) is 0 Å². The van der Waals surface area contributed by atoms with Gasteiger partial charge in [-0.15, -0.1) is 0 Å². The minimum absolute atomic E-state index is 0.234. The van der Waals surface area contributed by atoms with Gasteiger partial charge < -0.3 is 5.73 Å². The molecule has 2 rings (SSSR count). The molecule has 0 spiro atoms. The van der Waals surface area contributed by atoms with Crippen molar-refractivity contribution in [1.29, 1.82) is 0 Å². The van der Waals surface area contributed by atoms with Gasteiger partial charge in [-0.25, -0.2) is 4.39 Å². The zero-order valence-corrected chi connectivity index (χ0v) is 10.2. The third-order valence-corrected chi connectivity index (χ3v) is 3.09. The van der Waals surface area contributed by atoms with Gasteiger partial charge in [-0.05, 0) is 41.0 Å². The molecular weight excluding hydrogens is 269 g/mol. The van der Waals surface area contributed by atoms with Crippen molar-refractivity contribution < 1.29 is 4.39 Å². The molecule has 3 heteroatoms. The summed E-state index contributed by atoms with van der Waals surface area (Å²) in [6.45, 7) is 0.482. The van der Waals surface area contributed by atoms with Crippen LogP contribution in [0.4, 0.5) is 4.39 Å². The molecule has 0 fully saturated rings. The maximum absolute atomic E-state index is 13.1. The first-order valence-electron chi connectivity index (χ1n) is 4.95. The van der Waals surface area contributed by atoms with Crippen LogP contribution in [0, 0.1) is 5.82 Å². The summed E-state index contributed by atoms with van der Waals surface area (Å²) in [4.78, 5) is 0. The molecule has 0 aliphatic carbocycles. The highest BCUT2D eigenvalue weighted by molar-refractivity contribution is 9.10. The molecule has 0 saturated carbocycles. The Morgan fingerprint density at radius 3 is 2.62 bits per heavy atom. The Morgan fingerprint density at radius 2 is 1.94 bits per heavy atom. The zero-order valence-electron chi connectivity index (χ0n) is 8.58. The summed E-state index contributed by atoms with van der Waals surface area (Å²) in [5, 5.41) is 0. The van der Waals surface area contributed by atoms with Crippen molar-refractivity contribution in [2.75, 3.05) is 0 Å². The number of rotatable bonds is 2. The van der Waals surface area contributed by atoms with Crippen molar-refractivity contribution in [2.45, 2.75) is 6.54 Å². The van der Waals surface area contributed by atoms with Crippen LogP contribution >= 0.6 is 15.9 Å². The van der Waals surface area contributed by atoms with Crippen molar-refractivity contribution in [3.05, 3.63) is 58.3 Å². The van der Waals surface area contributed by atoms with Gasteiger partial charge in [0, 0.05) is 11.0 Å². The fourth-order valence-electron chi connectivity index (χ4n) is 1.58. The average molecular weight is 280 g/mol. The minimum atomic E-state index is -0.234. The van der Waals surface area contributed by atoms with E-state index in [0.29, 0.717) is 6.54 Å². The zero-order chi connectivity index (χ0) is 11.5. The van der Waals surface area contributed by atoms with Crippen LogP contribution in [-0.2, 0) is 6.54 Å². The highest BCUT2D eigenvalue weighted by Crippen LogP contribution is 2.29. The number of hydrogen-bond donors (Lipinski definition) is 1. The molecular formula is C13H11BrFN. The largest absolute Gasteiger partial charge is 0.326 e. The van der Waals surface area contributed by atoms with Gasteiger partial charge in [0.2, 0.25) is 0 Å². The summed E-state index contributed by atoms with van der Waals surface area (Å²) in [7, 11) is 0. The Morgan fingerprint density at radius 1 is 1.12 bits per heavy atom. The fourth-order valence-corrected chi connectivity index (χ4v) is 2.05. The Balaban J connectivity index is 2.54. The van der Waals surface area contributed by atoms with Gasteiger partial charge in [-0.3, -0.25) is 0 Å². The molecule has 2 N–H and O–H groups in total. The molecule has 0 aliphatic rings. The molecule has 1 nitrogen and oxygen atoms in total. The SMILES string of the molecule is NCc1ccc(Br)c(-c2cccc(F)c2)c1. The molecule has 0 bridgehead atoms. The molecule has 82 valence electrons. The van der Waals surface area contributed by atoms with E-state index in [-0.39, 0.29) is 5.82 Å². The van der Waals surface area contributed by atoms with Gasteiger partial charge in [0.15, 0.2) is 0 Å². The number of benzene rings is 2. The summed E-state index contributed by atoms with van der Waals surface area (Å²) in [6, 6.07) is 12.4. The molecule has 2 aromatic rings. The number of nitrogens with two attached hydrogens (primary N) is 1. The van der Waals surface area contributed by atoms with Gasteiger partial charge in [0.1, 0.15) is 5.82 Å². The first-order chi connectivity index (χ1) is 7.70. The third-order valence-electron chi connectivity index (χ3n) is 2.40. The van der Waals surface area contributed by atoms with Gasteiger partial charge in [-0.1, -0.05) is 34.1 Å². The molecule has 0 heterocycles. The van der Waals surface area contributed by atoms with Gasteiger partial charge >= 0.3 is 0 Å². The predicted octanol–water partition coefficient (Wildman–Crippen LogP) is 3.71. The fraction of sp³-hybridized carbons (Fsp3) is 0.0769.